The van der Waals surface area contributed by atoms with Crippen LogP contribution in [0.25, 0.3) is 11.1 Å². The van der Waals surface area contributed by atoms with Crippen molar-refractivity contribution in [1.82, 2.24) is 9.97 Å². The summed E-state index contributed by atoms with van der Waals surface area (Å²) >= 11 is 6.46. The molecule has 0 atom stereocenters. The third kappa shape index (κ3) is 2.89. The molecule has 2 aromatic carbocycles. The maximum absolute atomic E-state index is 11.7. The van der Waals surface area contributed by atoms with Crippen LogP contribution in [0.3, 0.4) is 0 Å². The molecule has 124 valence electrons. The second kappa shape index (κ2) is 6.30. The zero-order chi connectivity index (χ0) is 17.4. The Kier molecular flexibility index (Phi) is 3.98. The fraction of sp³-hybridized carbons (Fsp3) is 0.150. The molecule has 3 aromatic rings. The first-order chi connectivity index (χ1) is 12.2. The van der Waals surface area contributed by atoms with E-state index in [0.29, 0.717) is 29.4 Å². The number of rotatable bonds is 3. The molecule has 0 unspecified atom stereocenters. The van der Waals surface area contributed by atoms with Gasteiger partial charge in [-0.05, 0) is 28.8 Å². The summed E-state index contributed by atoms with van der Waals surface area (Å²) in [5, 5.41) is 0.459. The minimum absolute atomic E-state index is 0.347. The second-order valence-electron chi connectivity index (χ2n) is 5.95. The van der Waals surface area contributed by atoms with E-state index in [9.17, 15) is 4.79 Å². The molecule has 1 aromatic heterocycles. The highest BCUT2D eigenvalue weighted by atomic mass is 35.5. The van der Waals surface area contributed by atoms with E-state index < -0.39 is 0 Å². The number of benzene rings is 2. The topological polar surface area (TPSA) is 52.1 Å². The maximum Gasteiger partial charge on any atom is 0.337 e. The van der Waals surface area contributed by atoms with E-state index in [0.717, 1.165) is 27.9 Å². The van der Waals surface area contributed by atoms with Gasteiger partial charge in [-0.3, -0.25) is 0 Å². The van der Waals surface area contributed by atoms with Crippen LogP contribution in [0.4, 0.5) is 0 Å². The number of halogens is 1. The van der Waals surface area contributed by atoms with Gasteiger partial charge in [-0.15, -0.1) is 0 Å². The summed E-state index contributed by atoms with van der Waals surface area (Å²) in [7, 11) is 1.38. The summed E-state index contributed by atoms with van der Waals surface area (Å²) < 4.78 is 4.79. The first-order valence-corrected chi connectivity index (χ1v) is 8.34. The van der Waals surface area contributed by atoms with Crippen LogP contribution in [0.1, 0.15) is 33.0 Å². The zero-order valence-electron chi connectivity index (χ0n) is 13.6. The largest absolute Gasteiger partial charge is 0.465 e. The normalized spacial score (nSPS) is 11.8. The molecule has 4 nitrogen and oxygen atoms in total. The number of hydrogen-bond acceptors (Lipinski definition) is 4. The van der Waals surface area contributed by atoms with Crippen LogP contribution in [-0.2, 0) is 17.6 Å². The second-order valence-corrected chi connectivity index (χ2v) is 6.31. The van der Waals surface area contributed by atoms with E-state index in [1.54, 1.807) is 6.07 Å². The van der Waals surface area contributed by atoms with Gasteiger partial charge in [-0.2, -0.15) is 0 Å². The molecular weight excluding hydrogens is 336 g/mol. The van der Waals surface area contributed by atoms with Crippen LogP contribution < -0.4 is 0 Å². The number of nitrogens with zero attached hydrogens (tertiary/aromatic N) is 2. The molecule has 0 amide bonds. The summed E-state index contributed by atoms with van der Waals surface area (Å²) in [6, 6.07) is 15.5. The van der Waals surface area contributed by atoms with E-state index in [2.05, 4.69) is 4.98 Å². The molecule has 0 fully saturated rings. The van der Waals surface area contributed by atoms with Crippen molar-refractivity contribution in [3.05, 3.63) is 81.9 Å². The highest BCUT2D eigenvalue weighted by Crippen LogP contribution is 2.40. The number of carbonyl (C=O) groups excluding carboxylic acids is 1. The molecule has 0 aliphatic heterocycles. The van der Waals surface area contributed by atoms with Crippen LogP contribution >= 0.6 is 11.6 Å². The summed E-state index contributed by atoms with van der Waals surface area (Å²) in [5.41, 5.74) is 5.45. The number of ether oxygens (including phenoxy) is 1. The predicted molar refractivity (Wildman–Crippen MR) is 95.9 cm³/mol. The van der Waals surface area contributed by atoms with Crippen molar-refractivity contribution in [2.45, 2.75) is 12.8 Å². The molecule has 0 bridgehead atoms. The van der Waals surface area contributed by atoms with E-state index >= 15 is 0 Å². The third-order valence-electron chi connectivity index (χ3n) is 4.34. The smallest absolute Gasteiger partial charge is 0.337 e. The Morgan fingerprint density at radius 2 is 1.96 bits per heavy atom. The molecule has 0 radical (unpaired) electrons. The summed E-state index contributed by atoms with van der Waals surface area (Å²) in [6.45, 7) is 0. The Morgan fingerprint density at radius 3 is 2.72 bits per heavy atom. The van der Waals surface area contributed by atoms with Crippen molar-refractivity contribution in [2.75, 3.05) is 7.11 Å². The molecule has 0 spiro atoms. The van der Waals surface area contributed by atoms with E-state index in [-0.39, 0.29) is 5.97 Å². The number of carbonyl (C=O) groups is 1. The van der Waals surface area contributed by atoms with Gasteiger partial charge >= 0.3 is 5.97 Å². The average molecular weight is 351 g/mol. The Bertz CT molecular complexity index is 971. The lowest BCUT2D eigenvalue weighted by molar-refractivity contribution is 0.0600. The van der Waals surface area contributed by atoms with Gasteiger partial charge in [-0.1, -0.05) is 48.0 Å². The number of esters is 1. The summed E-state index contributed by atoms with van der Waals surface area (Å²) in [5.74, 6) is 0.358. The van der Waals surface area contributed by atoms with Gasteiger partial charge in [0, 0.05) is 18.4 Å². The van der Waals surface area contributed by atoms with Crippen molar-refractivity contribution in [3.63, 3.8) is 0 Å². The van der Waals surface area contributed by atoms with E-state index in [1.807, 2.05) is 42.5 Å². The lowest BCUT2D eigenvalue weighted by Crippen LogP contribution is -2.01. The van der Waals surface area contributed by atoms with Gasteiger partial charge in [0.2, 0.25) is 0 Å². The molecular formula is C20H15ClN2O2. The molecule has 1 aliphatic carbocycles. The van der Waals surface area contributed by atoms with E-state index in [4.69, 9.17) is 21.3 Å². The van der Waals surface area contributed by atoms with Crippen LogP contribution in [0, 0.1) is 0 Å². The number of methoxy groups -OCH3 is 1. The number of hydrogen-bond donors (Lipinski definition) is 0. The van der Waals surface area contributed by atoms with Gasteiger partial charge in [0.25, 0.3) is 0 Å². The lowest BCUT2D eigenvalue weighted by atomic mass is 10.0. The van der Waals surface area contributed by atoms with Crippen molar-refractivity contribution in [2.24, 2.45) is 0 Å². The van der Waals surface area contributed by atoms with Gasteiger partial charge in [0.1, 0.15) is 11.0 Å². The Morgan fingerprint density at radius 1 is 1.16 bits per heavy atom. The minimum Gasteiger partial charge on any atom is -0.465 e. The van der Waals surface area contributed by atoms with Crippen LogP contribution in [-0.4, -0.2) is 23.0 Å². The van der Waals surface area contributed by atoms with Crippen molar-refractivity contribution >= 4 is 17.6 Å². The number of fused-ring (bicyclic) bond motifs is 3. The first-order valence-electron chi connectivity index (χ1n) is 7.96. The molecule has 1 heterocycles. The molecule has 0 N–H and O–H groups in total. The van der Waals surface area contributed by atoms with Crippen LogP contribution in [0.15, 0.2) is 48.5 Å². The SMILES string of the molecule is COC(=O)c1ccc2c(c1)Cc1nc(Cc3ccccc3)nc(Cl)c1-2. The first kappa shape index (κ1) is 15.8. The molecule has 5 heteroatoms. The fourth-order valence-electron chi connectivity index (χ4n) is 3.19. The summed E-state index contributed by atoms with van der Waals surface area (Å²) in [6.07, 6.45) is 1.27. The number of aromatic nitrogens is 2. The predicted octanol–water partition coefficient (Wildman–Crippen LogP) is 4.08. The van der Waals surface area contributed by atoms with Crippen LogP contribution in [0.2, 0.25) is 5.15 Å². The van der Waals surface area contributed by atoms with Gasteiger partial charge in [-0.25, -0.2) is 14.8 Å². The molecule has 0 saturated carbocycles. The maximum atomic E-state index is 11.7. The quantitative estimate of drug-likeness (QED) is 0.412. The fourth-order valence-corrected chi connectivity index (χ4v) is 3.49. The summed E-state index contributed by atoms with van der Waals surface area (Å²) in [4.78, 5) is 20.9. The average Bonchev–Trinajstić information content (AvgIpc) is 2.99. The van der Waals surface area contributed by atoms with Crippen LogP contribution in [0.5, 0.6) is 0 Å². The third-order valence-corrected chi connectivity index (χ3v) is 4.62. The highest BCUT2D eigenvalue weighted by Gasteiger charge is 2.25. The minimum atomic E-state index is -0.347. The van der Waals surface area contributed by atoms with E-state index in [1.165, 1.54) is 7.11 Å². The molecule has 0 saturated heterocycles. The Hall–Kier alpha value is -2.72. The highest BCUT2D eigenvalue weighted by molar-refractivity contribution is 6.32. The van der Waals surface area contributed by atoms with Crippen molar-refractivity contribution < 1.29 is 9.53 Å². The Balaban J connectivity index is 1.70. The Labute approximate surface area is 150 Å². The lowest BCUT2D eigenvalue weighted by Gasteiger charge is -2.07. The van der Waals surface area contributed by atoms with Gasteiger partial charge in [0.05, 0.1) is 18.4 Å². The standard InChI is InChI=1S/C20H15ClN2O2/c1-25-20(24)13-7-8-15-14(10-13)11-16-18(15)19(21)23-17(22-16)9-12-5-3-2-4-6-12/h2-8,10H,9,11H2,1H3. The molecule has 25 heavy (non-hydrogen) atoms. The molecule has 4 rings (SSSR count). The van der Waals surface area contributed by atoms with Crippen molar-refractivity contribution in [3.8, 4) is 11.1 Å². The van der Waals surface area contributed by atoms with Gasteiger partial charge in [0.15, 0.2) is 0 Å². The zero-order valence-corrected chi connectivity index (χ0v) is 14.4. The molecule has 1 aliphatic rings. The van der Waals surface area contributed by atoms with Crippen molar-refractivity contribution in [1.29, 1.82) is 0 Å². The van der Waals surface area contributed by atoms with Gasteiger partial charge < -0.3 is 4.74 Å². The monoisotopic (exact) mass is 350 g/mol.